The van der Waals surface area contributed by atoms with Gasteiger partial charge in [0.15, 0.2) is 0 Å². The zero-order valence-electron chi connectivity index (χ0n) is 15.6. The predicted octanol–water partition coefficient (Wildman–Crippen LogP) is 5.67. The summed E-state index contributed by atoms with van der Waals surface area (Å²) in [6.45, 7) is 4.76. The van der Waals surface area contributed by atoms with Gasteiger partial charge in [0.05, 0.1) is 16.6 Å². The molecule has 4 nitrogen and oxygen atoms in total. The van der Waals surface area contributed by atoms with Gasteiger partial charge in [-0.3, -0.25) is 4.79 Å². The molecule has 0 aliphatic carbocycles. The Morgan fingerprint density at radius 3 is 2.74 bits per heavy atom. The first kappa shape index (κ1) is 19.7. The van der Waals surface area contributed by atoms with Crippen LogP contribution in [-0.2, 0) is 29.0 Å². The second-order valence-electron chi connectivity index (χ2n) is 6.34. The highest BCUT2D eigenvalue weighted by Gasteiger charge is 2.12. The van der Waals surface area contributed by atoms with Crippen LogP contribution in [-0.4, -0.2) is 12.6 Å². The molecule has 0 amide bonds. The topological polar surface area (TPSA) is 48.7 Å². The summed E-state index contributed by atoms with van der Waals surface area (Å²) in [4.78, 5) is 11.8. The number of fused-ring (bicyclic) bond motifs is 1. The zero-order valence-corrected chi connectivity index (χ0v) is 17.7. The first-order valence-corrected chi connectivity index (χ1v) is 10.3. The van der Waals surface area contributed by atoms with E-state index in [9.17, 15) is 4.79 Å². The Hall–Kier alpha value is -2.02. The molecule has 0 atom stereocenters. The maximum absolute atomic E-state index is 11.8. The molecule has 0 bridgehead atoms. The number of hydrogen-bond donors (Lipinski definition) is 0. The molecular weight excluding hydrogens is 455 g/mol. The van der Waals surface area contributed by atoms with Crippen LogP contribution in [0.1, 0.15) is 37.2 Å². The molecule has 0 saturated heterocycles. The number of rotatable bonds is 8. The van der Waals surface area contributed by atoms with E-state index in [1.165, 1.54) is 0 Å². The lowest BCUT2D eigenvalue weighted by Gasteiger charge is -2.11. The molecule has 5 heteroatoms. The molecule has 3 rings (SSSR count). The maximum atomic E-state index is 11.8. The van der Waals surface area contributed by atoms with Crippen molar-refractivity contribution in [2.45, 2.75) is 39.7 Å². The number of furan rings is 1. The molecule has 0 spiro atoms. The van der Waals surface area contributed by atoms with Gasteiger partial charge in [-0.05, 0) is 65.8 Å². The van der Waals surface area contributed by atoms with Crippen LogP contribution in [0.4, 0.5) is 0 Å². The van der Waals surface area contributed by atoms with Gasteiger partial charge in [0.1, 0.15) is 23.7 Å². The first-order valence-electron chi connectivity index (χ1n) is 9.17. The van der Waals surface area contributed by atoms with Gasteiger partial charge in [-0.1, -0.05) is 25.1 Å². The van der Waals surface area contributed by atoms with E-state index in [1.54, 1.807) is 6.92 Å². The van der Waals surface area contributed by atoms with Crippen molar-refractivity contribution in [2.75, 3.05) is 6.61 Å². The molecule has 0 radical (unpaired) electrons. The lowest BCUT2D eigenvalue weighted by atomic mass is 10.1. The highest BCUT2D eigenvalue weighted by Crippen LogP contribution is 2.28. The molecule has 0 aliphatic heterocycles. The summed E-state index contributed by atoms with van der Waals surface area (Å²) in [5.74, 6) is 1.48. The van der Waals surface area contributed by atoms with E-state index in [-0.39, 0.29) is 12.4 Å². The van der Waals surface area contributed by atoms with Gasteiger partial charge < -0.3 is 13.9 Å². The summed E-state index contributed by atoms with van der Waals surface area (Å²) in [5, 5.41) is 1.10. The van der Waals surface area contributed by atoms with Gasteiger partial charge in [0.2, 0.25) is 0 Å². The van der Waals surface area contributed by atoms with Crippen molar-refractivity contribution in [3.63, 3.8) is 0 Å². The van der Waals surface area contributed by atoms with Crippen molar-refractivity contribution in [3.8, 4) is 5.75 Å². The number of benzene rings is 2. The Morgan fingerprint density at radius 1 is 1.15 bits per heavy atom. The molecule has 27 heavy (non-hydrogen) atoms. The van der Waals surface area contributed by atoms with Gasteiger partial charge in [0.25, 0.3) is 0 Å². The van der Waals surface area contributed by atoms with Crippen LogP contribution in [0.2, 0.25) is 0 Å². The molecule has 0 N–H and O–H groups in total. The molecule has 0 unspecified atom stereocenters. The summed E-state index contributed by atoms with van der Waals surface area (Å²) in [6.07, 6.45) is 2.21. The lowest BCUT2D eigenvalue weighted by Crippen LogP contribution is -2.09. The molecule has 1 heterocycles. The second-order valence-corrected chi connectivity index (χ2v) is 7.50. The largest absolute Gasteiger partial charge is 0.489 e. The monoisotopic (exact) mass is 478 g/mol. The molecule has 0 saturated carbocycles. The van der Waals surface area contributed by atoms with Gasteiger partial charge >= 0.3 is 5.97 Å². The molecule has 3 aromatic rings. The number of para-hydroxylation sites is 1. The van der Waals surface area contributed by atoms with E-state index in [4.69, 9.17) is 13.9 Å². The molecule has 142 valence electrons. The number of halogens is 1. The van der Waals surface area contributed by atoms with Crippen molar-refractivity contribution in [1.82, 2.24) is 0 Å². The fraction of sp³-hybridized carbons (Fsp3) is 0.318. The smallest absolute Gasteiger partial charge is 0.310 e. The van der Waals surface area contributed by atoms with Crippen LogP contribution in [0.25, 0.3) is 11.0 Å². The number of carbonyl (C=O) groups excluding carboxylic acids is 1. The number of carbonyl (C=O) groups is 1. The third-order valence-electron chi connectivity index (χ3n) is 4.19. The van der Waals surface area contributed by atoms with Crippen molar-refractivity contribution in [2.24, 2.45) is 0 Å². The minimum absolute atomic E-state index is 0.211. The average Bonchev–Trinajstić information content (AvgIpc) is 3.05. The van der Waals surface area contributed by atoms with E-state index >= 15 is 0 Å². The zero-order chi connectivity index (χ0) is 19.2. The molecular formula is C22H23IO4. The third kappa shape index (κ3) is 5.03. The summed E-state index contributed by atoms with van der Waals surface area (Å²) in [5.41, 5.74) is 2.84. The fourth-order valence-electron chi connectivity index (χ4n) is 2.99. The average molecular weight is 478 g/mol. The van der Waals surface area contributed by atoms with Gasteiger partial charge in [-0.2, -0.15) is 0 Å². The lowest BCUT2D eigenvalue weighted by molar-refractivity contribution is -0.142. The Bertz CT molecular complexity index is 929. The van der Waals surface area contributed by atoms with Crippen molar-refractivity contribution < 1.29 is 18.7 Å². The van der Waals surface area contributed by atoms with Crippen LogP contribution in [0.15, 0.2) is 46.9 Å². The molecule has 1 aromatic heterocycles. The normalized spacial score (nSPS) is 10.9. The summed E-state index contributed by atoms with van der Waals surface area (Å²) >= 11 is 2.30. The number of aryl methyl sites for hydroxylation is 1. The minimum Gasteiger partial charge on any atom is -0.489 e. The van der Waals surface area contributed by atoms with E-state index in [2.05, 4.69) is 47.7 Å². The summed E-state index contributed by atoms with van der Waals surface area (Å²) in [6, 6.07) is 13.9. The summed E-state index contributed by atoms with van der Waals surface area (Å²) in [7, 11) is 0. The Kier molecular flexibility index (Phi) is 6.77. The second kappa shape index (κ2) is 9.26. The summed E-state index contributed by atoms with van der Waals surface area (Å²) < 4.78 is 18.1. The quantitative estimate of drug-likeness (QED) is 0.309. The van der Waals surface area contributed by atoms with E-state index in [0.717, 1.165) is 44.3 Å². The van der Waals surface area contributed by atoms with Crippen molar-refractivity contribution in [3.05, 3.63) is 62.9 Å². The van der Waals surface area contributed by atoms with Gasteiger partial charge in [0, 0.05) is 17.4 Å². The molecule has 0 aliphatic rings. The molecule has 2 aromatic carbocycles. The Balaban J connectivity index is 1.76. The van der Waals surface area contributed by atoms with E-state index < -0.39 is 0 Å². The van der Waals surface area contributed by atoms with Crippen molar-refractivity contribution >= 4 is 39.5 Å². The number of ether oxygens (including phenoxy) is 2. The van der Waals surface area contributed by atoms with Crippen LogP contribution in [0.3, 0.4) is 0 Å². The van der Waals surface area contributed by atoms with Crippen LogP contribution in [0, 0.1) is 3.57 Å². The van der Waals surface area contributed by atoms with Crippen LogP contribution >= 0.6 is 22.6 Å². The van der Waals surface area contributed by atoms with Gasteiger partial charge in [-0.25, -0.2) is 0 Å². The highest BCUT2D eigenvalue weighted by molar-refractivity contribution is 14.1. The number of hydrogen-bond acceptors (Lipinski definition) is 4. The van der Waals surface area contributed by atoms with Crippen molar-refractivity contribution in [1.29, 1.82) is 0 Å². The Labute approximate surface area is 173 Å². The highest BCUT2D eigenvalue weighted by atomic mass is 127. The maximum Gasteiger partial charge on any atom is 0.310 e. The third-order valence-corrected chi connectivity index (χ3v) is 4.99. The van der Waals surface area contributed by atoms with E-state index in [0.29, 0.717) is 19.0 Å². The Morgan fingerprint density at radius 2 is 1.96 bits per heavy atom. The molecule has 0 fully saturated rings. The standard InChI is InChI=1S/C22H23IO4/c1-3-7-18-12-17-10-15(11-19(23)22(17)27-18)14-26-20-9-6-5-8-16(20)13-21(24)25-4-2/h5-6,8-12H,3-4,7,13-14H2,1-2H3. The fourth-order valence-corrected chi connectivity index (χ4v) is 3.82. The first-order chi connectivity index (χ1) is 13.1. The number of esters is 1. The van der Waals surface area contributed by atoms with E-state index in [1.807, 2.05) is 24.3 Å². The van der Waals surface area contributed by atoms with Crippen LogP contribution in [0.5, 0.6) is 5.75 Å². The van der Waals surface area contributed by atoms with Gasteiger partial charge in [-0.15, -0.1) is 0 Å². The predicted molar refractivity (Wildman–Crippen MR) is 114 cm³/mol. The minimum atomic E-state index is -0.244. The SMILES string of the molecule is CCCc1cc2cc(COc3ccccc3CC(=O)OCC)cc(I)c2o1. The van der Waals surface area contributed by atoms with Crippen LogP contribution < -0.4 is 4.74 Å².